The van der Waals surface area contributed by atoms with Gasteiger partial charge in [-0.3, -0.25) is 0 Å². The summed E-state index contributed by atoms with van der Waals surface area (Å²) in [5, 5.41) is 0.599. The maximum atomic E-state index is 6.51. The predicted octanol–water partition coefficient (Wildman–Crippen LogP) is 4.24. The largest absolute Gasteiger partial charge is 0.437 e. The molecule has 0 amide bonds. The van der Waals surface area contributed by atoms with Crippen molar-refractivity contribution in [3.8, 4) is 0 Å². The minimum atomic E-state index is -0.423. The molecule has 1 aliphatic rings. The highest BCUT2D eigenvalue weighted by atomic mass is 35.5. The maximum Gasteiger partial charge on any atom is 0.215 e. The topological polar surface area (TPSA) is 52.0 Å². The lowest BCUT2D eigenvalue weighted by Crippen LogP contribution is -2.40. The molecule has 1 fully saturated rings. The summed E-state index contributed by atoms with van der Waals surface area (Å²) >= 11 is 6.13. The summed E-state index contributed by atoms with van der Waals surface area (Å²) in [6, 6.07) is 5.61. The van der Waals surface area contributed by atoms with Crippen LogP contribution < -0.4 is 5.73 Å². The second-order valence-electron chi connectivity index (χ2n) is 5.61. The number of aromatic nitrogens is 1. The Bertz CT molecular complexity index is 585. The van der Waals surface area contributed by atoms with Crippen LogP contribution in [0, 0.1) is 5.92 Å². The van der Waals surface area contributed by atoms with E-state index in [2.05, 4.69) is 11.9 Å². The highest BCUT2D eigenvalue weighted by Crippen LogP contribution is 2.39. The predicted molar refractivity (Wildman–Crippen MR) is 77.1 cm³/mol. The Morgan fingerprint density at radius 1 is 1.42 bits per heavy atom. The van der Waals surface area contributed by atoms with Crippen LogP contribution in [0.15, 0.2) is 22.6 Å². The van der Waals surface area contributed by atoms with Crippen molar-refractivity contribution in [3.63, 3.8) is 0 Å². The molecular formula is C15H19ClN2O. The summed E-state index contributed by atoms with van der Waals surface area (Å²) < 4.78 is 5.84. The highest BCUT2D eigenvalue weighted by molar-refractivity contribution is 6.34. The number of oxazole rings is 1. The monoisotopic (exact) mass is 278 g/mol. The van der Waals surface area contributed by atoms with Crippen molar-refractivity contribution < 1.29 is 4.42 Å². The summed E-state index contributed by atoms with van der Waals surface area (Å²) in [5.74, 6) is 1.44. The first-order chi connectivity index (χ1) is 9.12. The molecule has 0 spiro atoms. The molecule has 4 heteroatoms. The molecule has 3 nitrogen and oxygen atoms in total. The van der Waals surface area contributed by atoms with Crippen molar-refractivity contribution >= 4 is 22.7 Å². The molecule has 0 radical (unpaired) electrons. The molecule has 2 N–H and O–H groups in total. The van der Waals surface area contributed by atoms with Gasteiger partial charge in [0.2, 0.25) is 5.89 Å². The van der Waals surface area contributed by atoms with Gasteiger partial charge in [0.05, 0.1) is 10.6 Å². The van der Waals surface area contributed by atoms with Crippen LogP contribution in [0.25, 0.3) is 11.1 Å². The number of hydrogen-bond donors (Lipinski definition) is 1. The van der Waals surface area contributed by atoms with Gasteiger partial charge in [0.25, 0.3) is 0 Å². The van der Waals surface area contributed by atoms with Crippen LogP contribution in [0.2, 0.25) is 5.02 Å². The number of rotatable bonds is 2. The van der Waals surface area contributed by atoms with E-state index in [0.717, 1.165) is 37.1 Å². The Morgan fingerprint density at radius 3 is 2.79 bits per heavy atom. The average molecular weight is 279 g/mol. The third kappa shape index (κ3) is 2.26. The fraction of sp³-hybridized carbons (Fsp3) is 0.533. The number of nitrogens with two attached hydrogens (primary N) is 1. The molecule has 3 rings (SSSR count). The Kier molecular flexibility index (Phi) is 3.27. The van der Waals surface area contributed by atoms with E-state index >= 15 is 0 Å². The fourth-order valence-electron chi connectivity index (χ4n) is 2.94. The summed E-state index contributed by atoms with van der Waals surface area (Å²) in [4.78, 5) is 4.54. The smallest absolute Gasteiger partial charge is 0.215 e. The lowest BCUT2D eigenvalue weighted by Gasteiger charge is -2.34. The number of benzene rings is 1. The summed E-state index contributed by atoms with van der Waals surface area (Å²) in [6.45, 7) is 2.24. The third-order valence-electron chi connectivity index (χ3n) is 4.37. The molecule has 2 aromatic rings. The van der Waals surface area contributed by atoms with E-state index in [4.69, 9.17) is 21.8 Å². The van der Waals surface area contributed by atoms with Crippen molar-refractivity contribution in [2.45, 2.75) is 44.6 Å². The van der Waals surface area contributed by atoms with E-state index in [1.54, 1.807) is 0 Å². The van der Waals surface area contributed by atoms with Gasteiger partial charge >= 0.3 is 0 Å². The van der Waals surface area contributed by atoms with E-state index in [1.165, 1.54) is 6.42 Å². The molecule has 0 saturated heterocycles. The average Bonchev–Trinajstić information content (AvgIpc) is 2.86. The van der Waals surface area contributed by atoms with Crippen molar-refractivity contribution in [1.82, 2.24) is 4.98 Å². The zero-order valence-corrected chi connectivity index (χ0v) is 11.9. The molecule has 1 saturated carbocycles. The molecule has 1 heterocycles. The van der Waals surface area contributed by atoms with Crippen LogP contribution in [0.4, 0.5) is 0 Å². The van der Waals surface area contributed by atoms with Gasteiger partial charge in [0.15, 0.2) is 5.58 Å². The van der Waals surface area contributed by atoms with Crippen LogP contribution in [0.5, 0.6) is 0 Å². The van der Waals surface area contributed by atoms with Crippen LogP contribution in [0.3, 0.4) is 0 Å². The van der Waals surface area contributed by atoms with Crippen molar-refractivity contribution in [2.24, 2.45) is 11.7 Å². The Labute approximate surface area is 118 Å². The maximum absolute atomic E-state index is 6.51. The number of halogens is 1. The number of hydrogen-bond acceptors (Lipinski definition) is 3. The van der Waals surface area contributed by atoms with Crippen molar-refractivity contribution in [3.05, 3.63) is 29.1 Å². The Balaban J connectivity index is 1.93. The van der Waals surface area contributed by atoms with Crippen LogP contribution >= 0.6 is 11.6 Å². The normalized spacial score (nSPS) is 27.8. The fourth-order valence-corrected chi connectivity index (χ4v) is 3.15. The molecular weight excluding hydrogens is 260 g/mol. The van der Waals surface area contributed by atoms with E-state index < -0.39 is 5.54 Å². The molecule has 19 heavy (non-hydrogen) atoms. The van der Waals surface area contributed by atoms with E-state index in [0.29, 0.717) is 16.5 Å². The van der Waals surface area contributed by atoms with Crippen LogP contribution in [-0.4, -0.2) is 4.98 Å². The number of para-hydroxylation sites is 1. The molecule has 0 unspecified atom stereocenters. The van der Waals surface area contributed by atoms with Gasteiger partial charge in [-0.15, -0.1) is 0 Å². The number of fused-ring (bicyclic) bond motifs is 1. The molecule has 102 valence electrons. The van der Waals surface area contributed by atoms with Crippen LogP contribution in [-0.2, 0) is 5.54 Å². The van der Waals surface area contributed by atoms with Crippen molar-refractivity contribution in [2.75, 3.05) is 0 Å². The summed E-state index contributed by atoms with van der Waals surface area (Å²) in [5.41, 5.74) is 7.54. The van der Waals surface area contributed by atoms with Gasteiger partial charge in [-0.05, 0) is 43.7 Å². The quantitative estimate of drug-likeness (QED) is 0.894. The minimum Gasteiger partial charge on any atom is -0.437 e. The zero-order valence-electron chi connectivity index (χ0n) is 11.2. The minimum absolute atomic E-state index is 0.423. The third-order valence-corrected chi connectivity index (χ3v) is 4.67. The standard InChI is InChI=1S/C15H19ClN2O/c1-2-10-6-8-15(17,9-7-10)14-18-12-5-3-4-11(16)13(12)19-14/h3-5,10H,2,6-9,17H2,1H3. The van der Waals surface area contributed by atoms with Gasteiger partial charge in [-0.2, -0.15) is 0 Å². The van der Waals surface area contributed by atoms with E-state index in [1.807, 2.05) is 18.2 Å². The Hall–Kier alpha value is -1.06. The molecule has 0 aliphatic heterocycles. The van der Waals surface area contributed by atoms with Crippen LogP contribution in [0.1, 0.15) is 44.9 Å². The molecule has 1 aliphatic carbocycles. The zero-order chi connectivity index (χ0) is 13.5. The molecule has 0 atom stereocenters. The van der Waals surface area contributed by atoms with Gasteiger partial charge < -0.3 is 10.2 Å². The lowest BCUT2D eigenvalue weighted by molar-refractivity contribution is 0.198. The molecule has 1 aromatic heterocycles. The first kappa shape index (κ1) is 12.9. The van der Waals surface area contributed by atoms with Gasteiger partial charge in [-0.25, -0.2) is 4.98 Å². The molecule has 1 aromatic carbocycles. The Morgan fingerprint density at radius 2 is 2.16 bits per heavy atom. The lowest BCUT2D eigenvalue weighted by atomic mass is 9.76. The van der Waals surface area contributed by atoms with E-state index in [-0.39, 0.29) is 0 Å². The van der Waals surface area contributed by atoms with Gasteiger partial charge in [0.1, 0.15) is 5.52 Å². The SMILES string of the molecule is CCC1CCC(N)(c2nc3cccc(Cl)c3o2)CC1. The second kappa shape index (κ2) is 4.80. The first-order valence-corrected chi connectivity index (χ1v) is 7.34. The summed E-state index contributed by atoms with van der Waals surface area (Å²) in [7, 11) is 0. The second-order valence-corrected chi connectivity index (χ2v) is 6.02. The first-order valence-electron chi connectivity index (χ1n) is 6.97. The van der Waals surface area contributed by atoms with Crippen molar-refractivity contribution in [1.29, 1.82) is 0 Å². The number of nitrogens with zero attached hydrogens (tertiary/aromatic N) is 1. The van der Waals surface area contributed by atoms with Gasteiger partial charge in [-0.1, -0.05) is 31.0 Å². The summed E-state index contributed by atoms with van der Waals surface area (Å²) in [6.07, 6.45) is 5.42. The van der Waals surface area contributed by atoms with Gasteiger partial charge in [0, 0.05) is 0 Å². The molecule has 0 bridgehead atoms. The van der Waals surface area contributed by atoms with E-state index in [9.17, 15) is 0 Å². The highest BCUT2D eigenvalue weighted by Gasteiger charge is 2.37.